The number of nitrogens with zero attached hydrogens (tertiary/aromatic N) is 3. The highest BCUT2D eigenvalue weighted by atomic mass is 35.5. The molecule has 1 aromatic carbocycles. The summed E-state index contributed by atoms with van der Waals surface area (Å²) in [4.78, 5) is 20.0. The van der Waals surface area contributed by atoms with Crippen molar-refractivity contribution < 1.29 is 0 Å². The number of hydrogen-bond acceptors (Lipinski definition) is 4. The van der Waals surface area contributed by atoms with Crippen molar-refractivity contribution in [3.63, 3.8) is 0 Å². The SMILES string of the molecule is CC(C)NC[C@H]1CCCN1c1cc(-c2ccncc2)c(-c2ccc(Cl)cc2)n(C)c1=O. The average Bonchev–Trinajstić information content (AvgIpc) is 3.24. The summed E-state index contributed by atoms with van der Waals surface area (Å²) in [6.45, 7) is 6.08. The van der Waals surface area contributed by atoms with Crippen molar-refractivity contribution in [2.45, 2.75) is 38.8 Å². The maximum absolute atomic E-state index is 13.5. The van der Waals surface area contributed by atoms with Crippen molar-refractivity contribution >= 4 is 17.3 Å². The van der Waals surface area contributed by atoms with E-state index in [1.807, 2.05) is 43.4 Å². The van der Waals surface area contributed by atoms with Crippen molar-refractivity contribution in [3.8, 4) is 22.4 Å². The summed E-state index contributed by atoms with van der Waals surface area (Å²) in [5.74, 6) is 0. The van der Waals surface area contributed by atoms with Gasteiger partial charge in [-0.2, -0.15) is 0 Å². The molecule has 1 aliphatic heterocycles. The average molecular weight is 437 g/mol. The summed E-state index contributed by atoms with van der Waals surface area (Å²) in [7, 11) is 1.86. The first-order valence-corrected chi connectivity index (χ1v) is 11.2. The molecule has 1 saturated heterocycles. The maximum Gasteiger partial charge on any atom is 0.274 e. The number of pyridine rings is 2. The van der Waals surface area contributed by atoms with Crippen molar-refractivity contribution in [1.29, 1.82) is 0 Å². The second-order valence-electron chi connectivity index (χ2n) is 8.45. The summed E-state index contributed by atoms with van der Waals surface area (Å²) < 4.78 is 1.78. The Kier molecular flexibility index (Phi) is 6.44. The first-order chi connectivity index (χ1) is 15.0. The molecule has 0 saturated carbocycles. The van der Waals surface area contributed by atoms with Crippen LogP contribution in [0.15, 0.2) is 59.7 Å². The third-order valence-corrected chi connectivity index (χ3v) is 6.20. The fourth-order valence-electron chi connectivity index (χ4n) is 4.37. The Hall–Kier alpha value is -2.63. The fourth-order valence-corrected chi connectivity index (χ4v) is 4.50. The van der Waals surface area contributed by atoms with Gasteiger partial charge >= 0.3 is 0 Å². The number of anilines is 1. The van der Waals surface area contributed by atoms with Gasteiger partial charge in [-0.15, -0.1) is 0 Å². The zero-order valence-corrected chi connectivity index (χ0v) is 19.1. The van der Waals surface area contributed by atoms with Gasteiger partial charge in [0.2, 0.25) is 0 Å². The summed E-state index contributed by atoms with van der Waals surface area (Å²) in [5, 5.41) is 4.21. The highest BCUT2D eigenvalue weighted by Crippen LogP contribution is 2.35. The van der Waals surface area contributed by atoms with Crippen molar-refractivity contribution in [3.05, 3.63) is 70.2 Å². The number of rotatable bonds is 6. The van der Waals surface area contributed by atoms with Gasteiger partial charge in [0.25, 0.3) is 5.56 Å². The molecule has 1 fully saturated rings. The van der Waals surface area contributed by atoms with E-state index in [2.05, 4.69) is 35.1 Å². The quantitative estimate of drug-likeness (QED) is 0.606. The molecule has 3 aromatic rings. The van der Waals surface area contributed by atoms with E-state index >= 15 is 0 Å². The van der Waals surface area contributed by atoms with Crippen LogP contribution in [0.2, 0.25) is 5.02 Å². The van der Waals surface area contributed by atoms with Crippen LogP contribution in [0.4, 0.5) is 5.69 Å². The molecule has 5 nitrogen and oxygen atoms in total. The molecule has 0 radical (unpaired) electrons. The third-order valence-electron chi connectivity index (χ3n) is 5.95. The predicted molar refractivity (Wildman–Crippen MR) is 129 cm³/mol. The van der Waals surface area contributed by atoms with E-state index in [1.54, 1.807) is 17.0 Å². The molecule has 0 aliphatic carbocycles. The molecule has 1 N–H and O–H groups in total. The highest BCUT2D eigenvalue weighted by molar-refractivity contribution is 6.30. The molecule has 31 heavy (non-hydrogen) atoms. The first-order valence-electron chi connectivity index (χ1n) is 10.9. The standard InChI is InChI=1S/C25H29ClN4O/c1-17(2)28-16-21-5-4-14-30(21)23-15-22(18-10-12-27-13-11-18)24(29(3)25(23)31)19-6-8-20(26)9-7-19/h6-13,15,17,21,28H,4-5,14,16H2,1-3H3/t21-/m1/s1. The Morgan fingerprint density at radius 3 is 2.52 bits per heavy atom. The number of halogens is 1. The van der Waals surface area contributed by atoms with Gasteiger partial charge in [0.05, 0.1) is 5.69 Å². The van der Waals surface area contributed by atoms with E-state index in [-0.39, 0.29) is 5.56 Å². The van der Waals surface area contributed by atoms with E-state index in [0.717, 1.165) is 54.0 Å². The molecule has 0 unspecified atom stereocenters. The number of nitrogens with one attached hydrogen (secondary N) is 1. The smallest absolute Gasteiger partial charge is 0.274 e. The number of hydrogen-bond donors (Lipinski definition) is 1. The summed E-state index contributed by atoms with van der Waals surface area (Å²) in [5.41, 5.74) is 4.69. The van der Waals surface area contributed by atoms with Gasteiger partial charge in [0.15, 0.2) is 0 Å². The molecule has 6 heteroatoms. The largest absolute Gasteiger partial charge is 0.363 e. The predicted octanol–water partition coefficient (Wildman–Crippen LogP) is 4.73. The Morgan fingerprint density at radius 1 is 1.13 bits per heavy atom. The van der Waals surface area contributed by atoms with Gasteiger partial charge in [-0.3, -0.25) is 9.78 Å². The maximum atomic E-state index is 13.5. The number of benzene rings is 1. The second kappa shape index (κ2) is 9.25. The van der Waals surface area contributed by atoms with E-state index in [1.165, 1.54) is 0 Å². The van der Waals surface area contributed by atoms with Gasteiger partial charge in [-0.1, -0.05) is 37.6 Å². The summed E-state index contributed by atoms with van der Waals surface area (Å²) in [6.07, 6.45) is 5.76. The minimum absolute atomic E-state index is 0.0270. The monoisotopic (exact) mass is 436 g/mol. The zero-order chi connectivity index (χ0) is 22.0. The van der Waals surface area contributed by atoms with Crippen LogP contribution < -0.4 is 15.8 Å². The molecular weight excluding hydrogens is 408 g/mol. The lowest BCUT2D eigenvalue weighted by atomic mass is 9.98. The normalized spacial score (nSPS) is 16.3. The molecule has 0 bridgehead atoms. The second-order valence-corrected chi connectivity index (χ2v) is 8.89. The Morgan fingerprint density at radius 2 is 1.84 bits per heavy atom. The third kappa shape index (κ3) is 4.53. The molecule has 0 spiro atoms. The van der Waals surface area contributed by atoms with Gasteiger partial charge in [-0.05, 0) is 54.3 Å². The van der Waals surface area contributed by atoms with E-state index < -0.39 is 0 Å². The van der Waals surface area contributed by atoms with Crippen LogP contribution >= 0.6 is 11.6 Å². The van der Waals surface area contributed by atoms with Gasteiger partial charge in [0, 0.05) is 55.2 Å². The number of aromatic nitrogens is 2. The van der Waals surface area contributed by atoms with Crippen LogP contribution in [0.3, 0.4) is 0 Å². The van der Waals surface area contributed by atoms with Crippen LogP contribution in [-0.4, -0.2) is 34.7 Å². The van der Waals surface area contributed by atoms with Crippen molar-refractivity contribution in [2.75, 3.05) is 18.0 Å². The van der Waals surface area contributed by atoms with Crippen LogP contribution in [0, 0.1) is 0 Å². The van der Waals surface area contributed by atoms with Crippen LogP contribution in [0.5, 0.6) is 0 Å². The molecule has 3 heterocycles. The first kappa shape index (κ1) is 21.6. The Labute approximate surface area is 188 Å². The summed E-state index contributed by atoms with van der Waals surface area (Å²) >= 11 is 6.12. The molecule has 2 aromatic heterocycles. The lowest BCUT2D eigenvalue weighted by molar-refractivity contribution is 0.523. The van der Waals surface area contributed by atoms with E-state index in [0.29, 0.717) is 17.1 Å². The lowest BCUT2D eigenvalue weighted by Gasteiger charge is -2.29. The fraction of sp³-hybridized carbons (Fsp3) is 0.360. The van der Waals surface area contributed by atoms with Gasteiger partial charge in [0.1, 0.15) is 5.69 Å². The topological polar surface area (TPSA) is 50.2 Å². The molecule has 0 amide bonds. The van der Waals surface area contributed by atoms with E-state index in [9.17, 15) is 4.79 Å². The minimum Gasteiger partial charge on any atom is -0.363 e. The zero-order valence-electron chi connectivity index (χ0n) is 18.3. The minimum atomic E-state index is 0.0270. The van der Waals surface area contributed by atoms with E-state index in [4.69, 9.17) is 11.6 Å². The van der Waals surface area contributed by atoms with Crippen molar-refractivity contribution in [2.24, 2.45) is 7.05 Å². The molecule has 162 valence electrons. The Balaban J connectivity index is 1.86. The molecular formula is C25H29ClN4O. The molecule has 1 atom stereocenters. The molecule has 1 aliphatic rings. The van der Waals surface area contributed by atoms with Crippen LogP contribution in [0.25, 0.3) is 22.4 Å². The summed E-state index contributed by atoms with van der Waals surface area (Å²) in [6, 6.07) is 14.4. The van der Waals surface area contributed by atoms with Gasteiger partial charge in [-0.25, -0.2) is 0 Å². The lowest BCUT2D eigenvalue weighted by Crippen LogP contribution is -2.42. The van der Waals surface area contributed by atoms with Crippen LogP contribution in [0.1, 0.15) is 26.7 Å². The molecule has 4 rings (SSSR count). The Bertz CT molecular complexity index is 1090. The highest BCUT2D eigenvalue weighted by Gasteiger charge is 2.28. The van der Waals surface area contributed by atoms with Crippen LogP contribution in [-0.2, 0) is 7.05 Å². The van der Waals surface area contributed by atoms with Gasteiger partial charge < -0.3 is 14.8 Å². The van der Waals surface area contributed by atoms with Crippen molar-refractivity contribution in [1.82, 2.24) is 14.9 Å².